The molecule has 3 nitrogen and oxygen atoms in total. The van der Waals surface area contributed by atoms with Gasteiger partial charge >= 0.3 is 0 Å². The molecule has 0 saturated carbocycles. The van der Waals surface area contributed by atoms with Crippen LogP contribution in [0.15, 0.2) is 30.3 Å². The Morgan fingerprint density at radius 3 is 2.48 bits per heavy atom. The minimum absolute atomic E-state index is 0.299. The molecule has 0 spiro atoms. The van der Waals surface area contributed by atoms with Gasteiger partial charge in [0.25, 0.3) is 0 Å². The number of methoxy groups -OCH3 is 1. The molecule has 1 atom stereocenters. The summed E-state index contributed by atoms with van der Waals surface area (Å²) in [6.45, 7) is 4.05. The minimum Gasteiger partial charge on any atom is -0.496 e. The second-order valence-electron chi connectivity index (χ2n) is 4.96. The number of rotatable bonds is 4. The molecule has 0 aliphatic heterocycles. The third-order valence-corrected chi connectivity index (χ3v) is 4.02. The molecule has 0 saturated heterocycles. The third-order valence-electron chi connectivity index (χ3n) is 3.44. The molecule has 2 aromatic rings. The van der Waals surface area contributed by atoms with E-state index in [1.54, 1.807) is 19.2 Å². The van der Waals surface area contributed by atoms with Crippen molar-refractivity contribution < 1.29 is 4.74 Å². The van der Waals surface area contributed by atoms with E-state index in [-0.39, 0.29) is 6.04 Å². The predicted molar refractivity (Wildman–Crippen MR) is 88.1 cm³/mol. The first-order valence-corrected chi connectivity index (χ1v) is 7.29. The Hall–Kier alpha value is -1.26. The molecule has 112 valence electrons. The van der Waals surface area contributed by atoms with Crippen molar-refractivity contribution in [1.82, 2.24) is 5.43 Å². The Morgan fingerprint density at radius 1 is 1.14 bits per heavy atom. The standard InChI is InChI=1S/C16H18Cl2N2O/c1-9-6-10(2)15(14(7-9)21-3)16(20-19)12-8-11(17)4-5-13(12)18/h4-8,16,20H,19H2,1-3H3. The highest BCUT2D eigenvalue weighted by molar-refractivity contribution is 6.33. The van der Waals surface area contributed by atoms with Gasteiger partial charge in [0, 0.05) is 15.6 Å². The third kappa shape index (κ3) is 3.33. The van der Waals surface area contributed by atoms with Crippen molar-refractivity contribution in [2.75, 3.05) is 7.11 Å². The SMILES string of the molecule is COc1cc(C)cc(C)c1C(NN)c1cc(Cl)ccc1Cl. The van der Waals surface area contributed by atoms with Gasteiger partial charge in [-0.3, -0.25) is 5.84 Å². The number of hydrazine groups is 1. The monoisotopic (exact) mass is 324 g/mol. The topological polar surface area (TPSA) is 47.3 Å². The van der Waals surface area contributed by atoms with Crippen LogP contribution in [0.1, 0.15) is 28.3 Å². The summed E-state index contributed by atoms with van der Waals surface area (Å²) in [7, 11) is 1.64. The van der Waals surface area contributed by atoms with Crippen molar-refractivity contribution in [3.63, 3.8) is 0 Å². The zero-order valence-electron chi connectivity index (χ0n) is 12.2. The van der Waals surface area contributed by atoms with E-state index in [0.717, 1.165) is 28.0 Å². The molecule has 0 fully saturated rings. The number of aryl methyl sites for hydroxylation is 2. The van der Waals surface area contributed by atoms with Crippen LogP contribution in [0, 0.1) is 13.8 Å². The molecular weight excluding hydrogens is 307 g/mol. The molecule has 3 N–H and O–H groups in total. The highest BCUT2D eigenvalue weighted by atomic mass is 35.5. The zero-order valence-corrected chi connectivity index (χ0v) is 13.7. The molecule has 0 bridgehead atoms. The second-order valence-corrected chi connectivity index (χ2v) is 5.81. The largest absolute Gasteiger partial charge is 0.496 e. The lowest BCUT2D eigenvalue weighted by atomic mass is 9.93. The van der Waals surface area contributed by atoms with Crippen molar-refractivity contribution in [2.24, 2.45) is 5.84 Å². The molecule has 2 rings (SSSR count). The molecule has 0 amide bonds. The van der Waals surface area contributed by atoms with Gasteiger partial charge in [-0.05, 0) is 54.8 Å². The summed E-state index contributed by atoms with van der Waals surface area (Å²) in [5, 5.41) is 1.21. The maximum absolute atomic E-state index is 6.30. The highest BCUT2D eigenvalue weighted by Gasteiger charge is 2.22. The molecule has 0 radical (unpaired) electrons. The van der Waals surface area contributed by atoms with Gasteiger partial charge in [-0.2, -0.15) is 0 Å². The number of hydrogen-bond acceptors (Lipinski definition) is 3. The molecular formula is C16H18Cl2N2O. The van der Waals surface area contributed by atoms with E-state index in [1.807, 2.05) is 26.0 Å². The van der Waals surface area contributed by atoms with Gasteiger partial charge in [0.1, 0.15) is 5.75 Å². The average molecular weight is 325 g/mol. The summed E-state index contributed by atoms with van der Waals surface area (Å²) >= 11 is 12.4. The Kier molecular flexibility index (Phi) is 5.12. The number of benzene rings is 2. The van der Waals surface area contributed by atoms with Crippen LogP contribution in [-0.2, 0) is 0 Å². The van der Waals surface area contributed by atoms with Crippen LogP contribution in [-0.4, -0.2) is 7.11 Å². The first-order valence-electron chi connectivity index (χ1n) is 6.54. The number of ether oxygens (including phenoxy) is 1. The molecule has 21 heavy (non-hydrogen) atoms. The summed E-state index contributed by atoms with van der Waals surface area (Å²) in [6.07, 6.45) is 0. The molecule has 0 aromatic heterocycles. The normalized spacial score (nSPS) is 12.3. The summed E-state index contributed by atoms with van der Waals surface area (Å²) in [5.74, 6) is 6.55. The van der Waals surface area contributed by atoms with Crippen molar-refractivity contribution in [3.05, 3.63) is 62.6 Å². The van der Waals surface area contributed by atoms with Crippen LogP contribution < -0.4 is 16.0 Å². The smallest absolute Gasteiger partial charge is 0.124 e. The van der Waals surface area contributed by atoms with Gasteiger partial charge in [-0.1, -0.05) is 29.3 Å². The summed E-state index contributed by atoms with van der Waals surface area (Å²) in [4.78, 5) is 0. The fraction of sp³-hybridized carbons (Fsp3) is 0.250. The predicted octanol–water partition coefficient (Wildman–Crippen LogP) is 4.17. The van der Waals surface area contributed by atoms with Crippen LogP contribution in [0.3, 0.4) is 0 Å². The van der Waals surface area contributed by atoms with E-state index in [1.165, 1.54) is 0 Å². The maximum atomic E-state index is 6.30. The number of halogens is 2. The number of nitrogens with one attached hydrogen (secondary N) is 1. The lowest BCUT2D eigenvalue weighted by molar-refractivity contribution is 0.403. The molecule has 5 heteroatoms. The summed E-state index contributed by atoms with van der Waals surface area (Å²) in [5.41, 5.74) is 6.79. The summed E-state index contributed by atoms with van der Waals surface area (Å²) in [6, 6.07) is 9.09. The summed E-state index contributed by atoms with van der Waals surface area (Å²) < 4.78 is 5.51. The van der Waals surface area contributed by atoms with Crippen molar-refractivity contribution in [2.45, 2.75) is 19.9 Å². The Balaban J connectivity index is 2.64. The lowest BCUT2D eigenvalue weighted by Gasteiger charge is -2.23. The van der Waals surface area contributed by atoms with Crippen LogP contribution in [0.5, 0.6) is 5.75 Å². The molecule has 1 unspecified atom stereocenters. The van der Waals surface area contributed by atoms with Crippen molar-refractivity contribution in [3.8, 4) is 5.75 Å². The van der Waals surface area contributed by atoms with E-state index in [0.29, 0.717) is 10.0 Å². The quantitative estimate of drug-likeness (QED) is 0.655. The van der Waals surface area contributed by atoms with E-state index < -0.39 is 0 Å². The zero-order chi connectivity index (χ0) is 15.6. The van der Waals surface area contributed by atoms with Gasteiger partial charge in [0.15, 0.2) is 0 Å². The second kappa shape index (κ2) is 6.67. The van der Waals surface area contributed by atoms with Crippen LogP contribution in [0.4, 0.5) is 0 Å². The lowest BCUT2D eigenvalue weighted by Crippen LogP contribution is -2.30. The van der Waals surface area contributed by atoms with Crippen LogP contribution in [0.2, 0.25) is 10.0 Å². The van der Waals surface area contributed by atoms with E-state index in [2.05, 4.69) is 11.5 Å². The average Bonchev–Trinajstić information content (AvgIpc) is 2.44. The van der Waals surface area contributed by atoms with Crippen molar-refractivity contribution in [1.29, 1.82) is 0 Å². The molecule has 0 aliphatic rings. The fourth-order valence-corrected chi connectivity index (χ4v) is 2.95. The Labute approximate surface area is 135 Å². The first kappa shape index (κ1) is 16.1. The van der Waals surface area contributed by atoms with Gasteiger partial charge in [-0.25, -0.2) is 5.43 Å². The van der Waals surface area contributed by atoms with E-state index >= 15 is 0 Å². The fourth-order valence-electron chi connectivity index (χ4n) is 2.54. The van der Waals surface area contributed by atoms with Gasteiger partial charge in [0.05, 0.1) is 13.2 Å². The number of nitrogens with two attached hydrogens (primary N) is 1. The van der Waals surface area contributed by atoms with Gasteiger partial charge in [-0.15, -0.1) is 0 Å². The van der Waals surface area contributed by atoms with E-state index in [9.17, 15) is 0 Å². The molecule has 0 heterocycles. The first-order chi connectivity index (χ1) is 9.97. The van der Waals surface area contributed by atoms with Gasteiger partial charge < -0.3 is 4.74 Å². The highest BCUT2D eigenvalue weighted by Crippen LogP contribution is 2.37. The van der Waals surface area contributed by atoms with Crippen LogP contribution >= 0.6 is 23.2 Å². The van der Waals surface area contributed by atoms with Crippen molar-refractivity contribution >= 4 is 23.2 Å². The van der Waals surface area contributed by atoms with Crippen LogP contribution in [0.25, 0.3) is 0 Å². The Morgan fingerprint density at radius 2 is 1.86 bits per heavy atom. The maximum Gasteiger partial charge on any atom is 0.124 e. The minimum atomic E-state index is -0.299. The number of hydrogen-bond donors (Lipinski definition) is 2. The van der Waals surface area contributed by atoms with E-state index in [4.69, 9.17) is 33.8 Å². The Bertz CT molecular complexity index is 659. The molecule has 0 aliphatic carbocycles. The van der Waals surface area contributed by atoms with Gasteiger partial charge in [0.2, 0.25) is 0 Å². The molecule has 2 aromatic carbocycles.